The number of halogens is 1. The summed E-state index contributed by atoms with van der Waals surface area (Å²) in [5.41, 5.74) is 2.88. The quantitative estimate of drug-likeness (QED) is 0.433. The zero-order valence-electron chi connectivity index (χ0n) is 17.7. The third-order valence-electron chi connectivity index (χ3n) is 6.66. The number of hydrogen-bond donors (Lipinski definition) is 0. The summed E-state index contributed by atoms with van der Waals surface area (Å²) in [6, 6.07) is 7.66. The molecule has 9 heteroatoms. The van der Waals surface area contributed by atoms with Crippen LogP contribution in [-0.2, 0) is 24.2 Å². The number of nitrogens with zero attached hydrogens (tertiary/aromatic N) is 5. The van der Waals surface area contributed by atoms with Gasteiger partial charge in [0.05, 0.1) is 11.9 Å². The topological polar surface area (TPSA) is 64.7 Å². The van der Waals surface area contributed by atoms with Crippen LogP contribution < -0.4 is 5.69 Å². The first-order chi connectivity index (χ1) is 15.7. The van der Waals surface area contributed by atoms with Crippen LogP contribution in [0.2, 0.25) is 5.02 Å². The van der Waals surface area contributed by atoms with Gasteiger partial charge in [0.15, 0.2) is 5.65 Å². The standard InChI is InChI=1S/C23H24ClN5O2S.CH4/c24-17-3-1-15(2-4-17)12-28-22-20(21-25-14-26-29(21)23(28)30)18-5-8-27(13-19(18)32-22)11-16-6-9-31-10-7-16;/h1-4,14,16H,5-13H2;1H4. The first-order valence-corrected chi connectivity index (χ1v) is 12.3. The Morgan fingerprint density at radius 2 is 1.97 bits per heavy atom. The van der Waals surface area contributed by atoms with Gasteiger partial charge in [-0.2, -0.15) is 9.61 Å². The van der Waals surface area contributed by atoms with E-state index >= 15 is 0 Å². The van der Waals surface area contributed by atoms with Crippen LogP contribution in [0.3, 0.4) is 0 Å². The molecular formula is C24H28ClN5O2S. The van der Waals surface area contributed by atoms with Crippen molar-refractivity contribution in [1.82, 2.24) is 24.1 Å². The van der Waals surface area contributed by atoms with E-state index in [2.05, 4.69) is 15.0 Å². The lowest BCUT2D eigenvalue weighted by Gasteiger charge is -2.32. The van der Waals surface area contributed by atoms with Crippen molar-refractivity contribution in [3.05, 3.63) is 62.1 Å². The smallest absolute Gasteiger partial charge is 0.352 e. The molecular weight excluding hydrogens is 458 g/mol. The van der Waals surface area contributed by atoms with E-state index in [0.717, 1.165) is 67.9 Å². The van der Waals surface area contributed by atoms with Crippen LogP contribution in [-0.4, -0.2) is 50.4 Å². The lowest BCUT2D eigenvalue weighted by Crippen LogP contribution is -2.35. The summed E-state index contributed by atoms with van der Waals surface area (Å²) in [5.74, 6) is 0.714. The summed E-state index contributed by atoms with van der Waals surface area (Å²) in [4.78, 5) is 22.7. The van der Waals surface area contributed by atoms with Gasteiger partial charge in [0, 0.05) is 42.7 Å². The van der Waals surface area contributed by atoms with Crippen LogP contribution in [0.1, 0.15) is 36.3 Å². The Kier molecular flexibility index (Phi) is 6.26. The zero-order chi connectivity index (χ0) is 21.7. The van der Waals surface area contributed by atoms with Crippen molar-refractivity contribution in [3.8, 4) is 0 Å². The van der Waals surface area contributed by atoms with Crippen molar-refractivity contribution < 1.29 is 4.74 Å². The minimum absolute atomic E-state index is 0. The second-order valence-electron chi connectivity index (χ2n) is 8.72. The Balaban J connectivity index is 0.00000228. The van der Waals surface area contributed by atoms with Crippen molar-refractivity contribution in [3.63, 3.8) is 0 Å². The molecule has 174 valence electrons. The Bertz CT molecular complexity index is 1340. The van der Waals surface area contributed by atoms with Gasteiger partial charge in [-0.3, -0.25) is 9.47 Å². The van der Waals surface area contributed by atoms with E-state index in [1.54, 1.807) is 11.3 Å². The summed E-state index contributed by atoms with van der Waals surface area (Å²) in [6.45, 7) is 5.33. The van der Waals surface area contributed by atoms with Crippen LogP contribution in [0.25, 0.3) is 15.9 Å². The SMILES string of the molecule is C.O=c1n(Cc2ccc(Cl)cc2)c2sc3c(c2c2ncnn12)CCN(CC1CCOCC1)C3. The molecule has 0 bridgehead atoms. The number of hydrogen-bond acceptors (Lipinski definition) is 6. The minimum Gasteiger partial charge on any atom is -0.381 e. The fraction of sp³-hybridized carbons (Fsp3) is 0.458. The highest BCUT2D eigenvalue weighted by Crippen LogP contribution is 2.37. The van der Waals surface area contributed by atoms with Gasteiger partial charge in [-0.1, -0.05) is 31.2 Å². The highest BCUT2D eigenvalue weighted by molar-refractivity contribution is 7.19. The predicted octanol–water partition coefficient (Wildman–Crippen LogP) is 4.23. The third kappa shape index (κ3) is 4.10. The van der Waals surface area contributed by atoms with E-state index in [4.69, 9.17) is 16.3 Å². The molecule has 4 aromatic rings. The van der Waals surface area contributed by atoms with Crippen LogP contribution >= 0.6 is 22.9 Å². The van der Waals surface area contributed by atoms with E-state index in [9.17, 15) is 4.79 Å². The Hall–Kier alpha value is -2.26. The summed E-state index contributed by atoms with van der Waals surface area (Å²) >= 11 is 7.79. The van der Waals surface area contributed by atoms with Gasteiger partial charge in [-0.05, 0) is 48.4 Å². The fourth-order valence-electron chi connectivity index (χ4n) is 4.98. The van der Waals surface area contributed by atoms with Gasteiger partial charge in [-0.15, -0.1) is 11.3 Å². The lowest BCUT2D eigenvalue weighted by atomic mass is 9.98. The molecule has 1 aromatic carbocycles. The highest BCUT2D eigenvalue weighted by Gasteiger charge is 2.27. The number of rotatable bonds is 4. The van der Waals surface area contributed by atoms with Crippen LogP contribution in [0.5, 0.6) is 0 Å². The molecule has 7 nitrogen and oxygen atoms in total. The highest BCUT2D eigenvalue weighted by atomic mass is 35.5. The van der Waals surface area contributed by atoms with Crippen molar-refractivity contribution in [2.24, 2.45) is 5.92 Å². The number of ether oxygens (including phenoxy) is 1. The normalized spacial score (nSPS) is 17.4. The Morgan fingerprint density at radius 1 is 1.18 bits per heavy atom. The van der Waals surface area contributed by atoms with Crippen LogP contribution in [0.4, 0.5) is 0 Å². The molecule has 0 N–H and O–H groups in total. The molecule has 0 amide bonds. The maximum Gasteiger partial charge on any atom is 0.352 e. The average molecular weight is 486 g/mol. The molecule has 2 aliphatic rings. The van der Waals surface area contributed by atoms with E-state index in [-0.39, 0.29) is 13.1 Å². The van der Waals surface area contributed by atoms with E-state index < -0.39 is 0 Å². The zero-order valence-corrected chi connectivity index (χ0v) is 19.2. The predicted molar refractivity (Wildman–Crippen MR) is 132 cm³/mol. The van der Waals surface area contributed by atoms with E-state index in [1.165, 1.54) is 21.3 Å². The number of thiophene rings is 1. The maximum atomic E-state index is 13.3. The molecule has 0 radical (unpaired) electrons. The number of aromatic nitrogens is 4. The first kappa shape index (κ1) is 22.5. The fourth-order valence-corrected chi connectivity index (χ4v) is 6.48. The van der Waals surface area contributed by atoms with Gasteiger partial charge in [0.25, 0.3) is 0 Å². The van der Waals surface area contributed by atoms with Gasteiger partial charge in [-0.25, -0.2) is 9.78 Å². The molecule has 33 heavy (non-hydrogen) atoms. The van der Waals surface area contributed by atoms with E-state index in [0.29, 0.717) is 23.1 Å². The summed E-state index contributed by atoms with van der Waals surface area (Å²) in [5, 5.41) is 6.01. The maximum absolute atomic E-state index is 13.3. The molecule has 0 atom stereocenters. The molecule has 3 aromatic heterocycles. The van der Waals surface area contributed by atoms with Gasteiger partial charge in [0.2, 0.25) is 0 Å². The largest absolute Gasteiger partial charge is 0.381 e. The van der Waals surface area contributed by atoms with Crippen molar-refractivity contribution in [2.75, 3.05) is 26.3 Å². The summed E-state index contributed by atoms with van der Waals surface area (Å²) in [6.07, 6.45) is 4.75. The van der Waals surface area contributed by atoms with Crippen molar-refractivity contribution >= 4 is 38.8 Å². The monoisotopic (exact) mass is 485 g/mol. The Morgan fingerprint density at radius 3 is 2.76 bits per heavy atom. The van der Waals surface area contributed by atoms with Crippen LogP contribution in [0, 0.1) is 5.92 Å². The molecule has 0 spiro atoms. The lowest BCUT2D eigenvalue weighted by molar-refractivity contribution is 0.0508. The van der Waals surface area contributed by atoms with Gasteiger partial charge < -0.3 is 4.74 Å². The molecule has 0 aliphatic carbocycles. The summed E-state index contributed by atoms with van der Waals surface area (Å²) < 4.78 is 8.81. The average Bonchev–Trinajstić information content (AvgIpc) is 3.43. The summed E-state index contributed by atoms with van der Waals surface area (Å²) in [7, 11) is 0. The minimum atomic E-state index is -0.155. The van der Waals surface area contributed by atoms with Crippen molar-refractivity contribution in [2.45, 2.75) is 39.8 Å². The number of fused-ring (bicyclic) bond motifs is 5. The van der Waals surface area contributed by atoms with Crippen molar-refractivity contribution in [1.29, 1.82) is 0 Å². The molecule has 6 rings (SSSR count). The van der Waals surface area contributed by atoms with E-state index in [1.807, 2.05) is 28.8 Å². The first-order valence-electron chi connectivity index (χ1n) is 11.1. The molecule has 5 heterocycles. The van der Waals surface area contributed by atoms with Gasteiger partial charge in [0.1, 0.15) is 11.2 Å². The second kappa shape index (κ2) is 9.18. The van der Waals surface area contributed by atoms with Gasteiger partial charge >= 0.3 is 5.69 Å². The molecule has 2 aliphatic heterocycles. The molecule has 0 unspecified atom stereocenters. The second-order valence-corrected chi connectivity index (χ2v) is 10.2. The van der Waals surface area contributed by atoms with Crippen LogP contribution in [0.15, 0.2) is 35.4 Å². The number of benzene rings is 1. The molecule has 1 saturated heterocycles. The third-order valence-corrected chi connectivity index (χ3v) is 8.15. The molecule has 1 fully saturated rings. The molecule has 0 saturated carbocycles. The Labute approximate surface area is 201 Å².